The van der Waals surface area contributed by atoms with Gasteiger partial charge in [-0.25, -0.2) is 23.7 Å². The third kappa shape index (κ3) is 5.48. The number of aryl methyl sites for hydroxylation is 1. The molecule has 10 atom stereocenters. The number of rotatable bonds is 2. The third-order valence-electron chi connectivity index (χ3n) is 8.55. The molecule has 3 saturated heterocycles. The SMILES string of the molecule is [B]P1(=O)OC[C@H]2O[C@@H](n3cnc4c(=O)[nH]cnc43)C(F)[C@H]2OP([B])(=O)OC[C@H]2O[C@@H](n3cc4c5c(ccnc53)NCCC4)[C@@H](F)C2O1. The van der Waals surface area contributed by atoms with Crippen molar-refractivity contribution in [3.05, 3.63) is 47.0 Å². The van der Waals surface area contributed by atoms with Crippen LogP contribution in [0.2, 0.25) is 0 Å². The maximum atomic E-state index is 16.3. The van der Waals surface area contributed by atoms with Crippen molar-refractivity contribution >= 4 is 58.0 Å². The van der Waals surface area contributed by atoms with Gasteiger partial charge in [-0.15, -0.1) is 0 Å². The molecule has 0 aromatic carbocycles. The molecule has 4 aromatic rings. The van der Waals surface area contributed by atoms with Gasteiger partial charge >= 0.3 is 0 Å². The number of halogens is 2. The molecule has 0 saturated carbocycles. The molecule has 2 N–H and O–H groups in total. The van der Waals surface area contributed by atoms with Crippen molar-refractivity contribution in [2.45, 2.75) is 62.1 Å². The van der Waals surface area contributed by atoms with E-state index in [9.17, 15) is 13.9 Å². The molecule has 8 rings (SSSR count). The average molecular weight is 689 g/mol. The van der Waals surface area contributed by atoms with Crippen LogP contribution in [-0.2, 0) is 43.1 Å². The first kappa shape index (κ1) is 31.3. The average Bonchev–Trinajstić information content (AvgIpc) is 3.73. The van der Waals surface area contributed by atoms with Gasteiger partial charge in [0.1, 0.15) is 30.1 Å². The number of anilines is 1. The maximum absolute atomic E-state index is 16.3. The summed E-state index contributed by atoms with van der Waals surface area (Å²) in [6.45, 7) is -0.643. The highest BCUT2D eigenvalue weighted by molar-refractivity contribution is 7.79. The van der Waals surface area contributed by atoms with Gasteiger partial charge < -0.3 is 42.4 Å². The molecular formula is C25H25B2F2N7O9P2. The molecule has 244 valence electrons. The Kier molecular flexibility index (Phi) is 7.72. The van der Waals surface area contributed by atoms with Gasteiger partial charge in [-0.2, -0.15) is 0 Å². The lowest BCUT2D eigenvalue weighted by Crippen LogP contribution is -2.37. The Hall–Kier alpha value is -2.95. The lowest BCUT2D eigenvalue weighted by Gasteiger charge is -2.29. The van der Waals surface area contributed by atoms with Crippen LogP contribution in [0.4, 0.5) is 14.5 Å². The number of hydrogen-bond acceptors (Lipinski definition) is 13. The van der Waals surface area contributed by atoms with Gasteiger partial charge in [0, 0.05) is 30.0 Å². The zero-order valence-electron chi connectivity index (χ0n) is 24.3. The summed E-state index contributed by atoms with van der Waals surface area (Å²) in [4.78, 5) is 26.9. The Morgan fingerprint density at radius 2 is 1.57 bits per heavy atom. The van der Waals surface area contributed by atoms with Crippen LogP contribution in [0.5, 0.6) is 0 Å². The fourth-order valence-electron chi connectivity index (χ4n) is 6.45. The van der Waals surface area contributed by atoms with Crippen molar-refractivity contribution in [3.63, 3.8) is 0 Å². The fourth-order valence-corrected chi connectivity index (χ4v) is 8.46. The van der Waals surface area contributed by atoms with E-state index in [1.54, 1.807) is 12.4 Å². The normalized spacial score (nSPS) is 37.8. The molecule has 4 aliphatic rings. The molecule has 0 amide bonds. The molecule has 0 aliphatic carbocycles. The third-order valence-corrected chi connectivity index (χ3v) is 10.6. The minimum Gasteiger partial charge on any atom is -0.384 e. The minimum absolute atomic E-state index is 0.0180. The van der Waals surface area contributed by atoms with E-state index in [-0.39, 0.29) is 11.2 Å². The van der Waals surface area contributed by atoms with Crippen molar-refractivity contribution in [1.82, 2.24) is 29.1 Å². The minimum atomic E-state index is -4.60. The van der Waals surface area contributed by atoms with Crippen molar-refractivity contribution in [2.24, 2.45) is 0 Å². The summed E-state index contributed by atoms with van der Waals surface area (Å²) in [7, 11) is 2.59. The molecule has 47 heavy (non-hydrogen) atoms. The Bertz CT molecular complexity index is 2020. The van der Waals surface area contributed by atoms with Crippen LogP contribution >= 0.6 is 14.9 Å². The number of ether oxygens (including phenoxy) is 2. The number of alkyl halides is 2. The zero-order chi connectivity index (χ0) is 32.7. The van der Waals surface area contributed by atoms with E-state index < -0.39 is 82.9 Å². The van der Waals surface area contributed by atoms with E-state index in [0.717, 1.165) is 46.8 Å². The quantitative estimate of drug-likeness (QED) is 0.231. The lowest BCUT2D eigenvalue weighted by molar-refractivity contribution is -0.0547. The Labute approximate surface area is 266 Å². The van der Waals surface area contributed by atoms with Crippen molar-refractivity contribution in [1.29, 1.82) is 0 Å². The second kappa shape index (κ2) is 11.6. The van der Waals surface area contributed by atoms with Gasteiger partial charge in [-0.05, 0) is 24.5 Å². The second-order valence-electron chi connectivity index (χ2n) is 11.5. The molecule has 4 radical (unpaired) electrons. The fraction of sp³-hybridized carbons (Fsp3) is 0.520. The van der Waals surface area contributed by atoms with E-state index in [1.807, 2.05) is 6.07 Å². The van der Waals surface area contributed by atoms with E-state index in [0.29, 0.717) is 12.1 Å². The van der Waals surface area contributed by atoms with Gasteiger partial charge in [0.15, 0.2) is 36.0 Å². The van der Waals surface area contributed by atoms with Crippen LogP contribution in [0.1, 0.15) is 24.4 Å². The molecule has 0 bridgehead atoms. The molecule has 4 aliphatic heterocycles. The molecule has 4 unspecified atom stereocenters. The second-order valence-corrected chi connectivity index (χ2v) is 14.6. The summed E-state index contributed by atoms with van der Waals surface area (Å²) < 4.78 is 95.1. The number of H-pyrrole nitrogens is 1. The summed E-state index contributed by atoms with van der Waals surface area (Å²) in [5, 5.41) is 4.15. The smallest absolute Gasteiger partial charge is 0.278 e. The highest BCUT2D eigenvalue weighted by Gasteiger charge is 2.53. The van der Waals surface area contributed by atoms with Crippen LogP contribution in [-0.4, -0.2) is 101 Å². The standard InChI is InChI=1S/C25H25B2F2N7O9P2/c26-46(38)41-8-14-20(17(29)25(43-14)36-10-34-18-22(36)32-9-33-23(18)37)45-47(27,39)40-7-13-19(44-46)16(28)24(42-13)35-6-11-2-1-4-30-12-3-5-31-21(35)15(11)12/h3,5-6,9-10,13-14,16-17,19-20,24-25,30H,1-2,4,7-8H2,(H,32,33,37)/t13-,14-,16+,17?,19?,20+,24-,25-,46?,47?/m1/s1. The highest BCUT2D eigenvalue weighted by Crippen LogP contribution is 2.54. The van der Waals surface area contributed by atoms with E-state index in [2.05, 4.69) is 25.3 Å². The number of hydrogen-bond donors (Lipinski definition) is 2. The van der Waals surface area contributed by atoms with Gasteiger partial charge in [-0.1, -0.05) is 0 Å². The monoisotopic (exact) mass is 689 g/mol. The molecule has 8 heterocycles. The Morgan fingerprint density at radius 1 is 0.915 bits per heavy atom. The van der Waals surface area contributed by atoms with Crippen molar-refractivity contribution in [3.8, 4) is 0 Å². The summed E-state index contributed by atoms with van der Waals surface area (Å²) in [5.74, 6) is 0. The van der Waals surface area contributed by atoms with Crippen LogP contribution in [0.15, 0.2) is 35.9 Å². The van der Waals surface area contributed by atoms with Gasteiger partial charge in [0.25, 0.3) is 20.5 Å². The predicted molar refractivity (Wildman–Crippen MR) is 161 cm³/mol. The molecule has 0 spiro atoms. The summed E-state index contributed by atoms with van der Waals surface area (Å²) in [6.07, 6.45) is -6.04. The van der Waals surface area contributed by atoms with E-state index in [1.165, 1.54) is 4.57 Å². The van der Waals surface area contributed by atoms with E-state index >= 15 is 8.78 Å². The van der Waals surface area contributed by atoms with Crippen LogP contribution < -0.4 is 10.9 Å². The van der Waals surface area contributed by atoms with Gasteiger partial charge in [-0.3, -0.25) is 18.5 Å². The topological polar surface area (TPSA) is 183 Å². The molecular weight excluding hydrogens is 664 g/mol. The highest BCUT2D eigenvalue weighted by atomic mass is 31.2. The molecule has 22 heteroatoms. The largest absolute Gasteiger partial charge is 0.384 e. The Balaban J connectivity index is 1.08. The van der Waals surface area contributed by atoms with Gasteiger partial charge in [0.2, 0.25) is 15.1 Å². The number of aromatic nitrogens is 6. The van der Waals surface area contributed by atoms with Crippen LogP contribution in [0, 0.1) is 0 Å². The molecule has 3 fully saturated rings. The van der Waals surface area contributed by atoms with Crippen molar-refractivity contribution in [2.75, 3.05) is 25.1 Å². The summed E-state index contributed by atoms with van der Waals surface area (Å²) in [5.41, 5.74) is 1.52. The summed E-state index contributed by atoms with van der Waals surface area (Å²) in [6, 6.07) is 1.83. The number of pyridine rings is 1. The van der Waals surface area contributed by atoms with Crippen LogP contribution in [0.25, 0.3) is 22.2 Å². The number of fused-ring (bicyclic) bond motifs is 3. The van der Waals surface area contributed by atoms with Crippen LogP contribution in [0.3, 0.4) is 0 Å². The molecule has 4 aromatic heterocycles. The van der Waals surface area contributed by atoms with Gasteiger partial charge in [0.05, 0.1) is 25.9 Å². The first-order valence-electron chi connectivity index (χ1n) is 14.6. The first-order chi connectivity index (χ1) is 22.5. The van der Waals surface area contributed by atoms with Crippen molar-refractivity contribution < 1.29 is 45.5 Å². The molecule has 16 nitrogen and oxygen atoms in total. The number of nitrogens with one attached hydrogen (secondary N) is 2. The Morgan fingerprint density at radius 3 is 2.26 bits per heavy atom. The van der Waals surface area contributed by atoms with E-state index in [4.69, 9.17) is 42.7 Å². The maximum Gasteiger partial charge on any atom is 0.278 e. The predicted octanol–water partition coefficient (Wildman–Crippen LogP) is 2.37. The zero-order valence-corrected chi connectivity index (χ0v) is 26.0. The summed E-state index contributed by atoms with van der Waals surface area (Å²) >= 11 is 0. The lowest BCUT2D eigenvalue weighted by atomic mass is 10.1. The number of nitrogens with zero attached hydrogens (tertiary/aromatic N) is 5. The number of aromatic amines is 1. The number of imidazole rings is 1. The first-order valence-corrected chi connectivity index (χ1v) is 17.9.